The summed E-state index contributed by atoms with van der Waals surface area (Å²) in [5.41, 5.74) is 2.61. The average Bonchev–Trinajstić information content (AvgIpc) is 3.08. The number of nitrogens with zero attached hydrogens (tertiary/aromatic N) is 3. The van der Waals surface area contributed by atoms with Gasteiger partial charge in [-0.15, -0.1) is 0 Å². The van der Waals surface area contributed by atoms with E-state index in [1.165, 1.54) is 17.3 Å². The molecule has 0 saturated carbocycles. The molecule has 2 aromatic rings. The molecule has 1 aromatic carbocycles. The molecule has 0 unspecified atom stereocenters. The van der Waals surface area contributed by atoms with E-state index in [0.717, 1.165) is 11.3 Å². The van der Waals surface area contributed by atoms with E-state index in [2.05, 4.69) is 33.5 Å². The van der Waals surface area contributed by atoms with Crippen molar-refractivity contribution in [1.82, 2.24) is 15.0 Å². The number of aromatic amines is 1. The van der Waals surface area contributed by atoms with Crippen molar-refractivity contribution < 1.29 is 9.59 Å². The summed E-state index contributed by atoms with van der Waals surface area (Å²) in [7, 11) is 0. The molecule has 28 heavy (non-hydrogen) atoms. The fourth-order valence-electron chi connectivity index (χ4n) is 2.48. The molecule has 0 aliphatic heterocycles. The number of benzene rings is 1. The van der Waals surface area contributed by atoms with Crippen LogP contribution >= 0.6 is 0 Å². The standard InChI is InChI=1S/C21H23N5O2/c1-5-10-18-17(6-2)23-21(24-18)25-20(28)16-12-9-11-15(13-16)14-26(22-8-4)19(27)7-3/h5-13H,2-3,14H2,1,4H3,(H2,23,24,25,28)/b10-5-,22-8-. The van der Waals surface area contributed by atoms with Crippen LogP contribution in [0.1, 0.15) is 41.2 Å². The summed E-state index contributed by atoms with van der Waals surface area (Å²) in [4.78, 5) is 31.8. The fourth-order valence-corrected chi connectivity index (χ4v) is 2.48. The minimum atomic E-state index is -0.322. The van der Waals surface area contributed by atoms with E-state index in [4.69, 9.17) is 0 Å². The minimum absolute atomic E-state index is 0.225. The van der Waals surface area contributed by atoms with Gasteiger partial charge in [-0.05, 0) is 49.8 Å². The van der Waals surface area contributed by atoms with E-state index in [0.29, 0.717) is 17.2 Å². The monoisotopic (exact) mass is 377 g/mol. The Bertz CT molecular complexity index is 940. The Morgan fingerprint density at radius 3 is 2.75 bits per heavy atom. The third-order valence-corrected chi connectivity index (χ3v) is 3.73. The van der Waals surface area contributed by atoms with Gasteiger partial charge in [0.05, 0.1) is 17.9 Å². The van der Waals surface area contributed by atoms with Crippen LogP contribution in [-0.2, 0) is 11.3 Å². The van der Waals surface area contributed by atoms with E-state index in [9.17, 15) is 9.59 Å². The van der Waals surface area contributed by atoms with E-state index >= 15 is 0 Å². The van der Waals surface area contributed by atoms with E-state index < -0.39 is 0 Å². The molecular formula is C21H23N5O2. The average molecular weight is 377 g/mol. The number of nitrogens with one attached hydrogen (secondary N) is 2. The lowest BCUT2D eigenvalue weighted by atomic mass is 10.1. The Hall–Kier alpha value is -3.74. The number of imidazole rings is 1. The van der Waals surface area contributed by atoms with Crippen LogP contribution in [0.25, 0.3) is 12.2 Å². The van der Waals surface area contributed by atoms with E-state index in [1.54, 1.807) is 31.2 Å². The van der Waals surface area contributed by atoms with Crippen molar-refractivity contribution in [2.75, 3.05) is 5.32 Å². The number of anilines is 1. The lowest BCUT2D eigenvalue weighted by Crippen LogP contribution is -2.23. The zero-order chi connectivity index (χ0) is 20.5. The highest BCUT2D eigenvalue weighted by Crippen LogP contribution is 2.15. The maximum absolute atomic E-state index is 12.6. The molecule has 0 bridgehead atoms. The minimum Gasteiger partial charge on any atom is -0.324 e. The van der Waals surface area contributed by atoms with Gasteiger partial charge >= 0.3 is 0 Å². The molecule has 2 rings (SSSR count). The number of H-pyrrole nitrogens is 1. The van der Waals surface area contributed by atoms with Gasteiger partial charge in [0.15, 0.2) is 0 Å². The number of hydrogen-bond acceptors (Lipinski definition) is 4. The number of carbonyl (C=O) groups is 2. The maximum Gasteiger partial charge on any atom is 0.266 e. The second-order valence-electron chi connectivity index (χ2n) is 5.72. The Kier molecular flexibility index (Phi) is 7.21. The second-order valence-corrected chi connectivity index (χ2v) is 5.72. The summed E-state index contributed by atoms with van der Waals surface area (Å²) >= 11 is 0. The Balaban J connectivity index is 2.19. The fraction of sp³-hybridized carbons (Fsp3) is 0.143. The smallest absolute Gasteiger partial charge is 0.266 e. The van der Waals surface area contributed by atoms with Crippen molar-refractivity contribution in [3.63, 3.8) is 0 Å². The first-order valence-electron chi connectivity index (χ1n) is 8.70. The molecule has 7 heteroatoms. The molecule has 0 radical (unpaired) electrons. The molecule has 0 spiro atoms. The predicted molar refractivity (Wildman–Crippen MR) is 113 cm³/mol. The van der Waals surface area contributed by atoms with Crippen molar-refractivity contribution >= 4 is 36.1 Å². The van der Waals surface area contributed by atoms with Crippen LogP contribution in [0.3, 0.4) is 0 Å². The Morgan fingerprint density at radius 2 is 2.11 bits per heavy atom. The van der Waals surface area contributed by atoms with E-state index in [-0.39, 0.29) is 18.4 Å². The van der Waals surface area contributed by atoms with Gasteiger partial charge < -0.3 is 4.98 Å². The topological polar surface area (TPSA) is 90.5 Å². The van der Waals surface area contributed by atoms with Crippen molar-refractivity contribution in [2.24, 2.45) is 5.10 Å². The highest BCUT2D eigenvalue weighted by molar-refractivity contribution is 6.03. The molecule has 0 atom stereocenters. The summed E-state index contributed by atoms with van der Waals surface area (Å²) < 4.78 is 0. The van der Waals surface area contributed by atoms with Crippen molar-refractivity contribution in [2.45, 2.75) is 20.4 Å². The molecule has 144 valence electrons. The summed E-state index contributed by atoms with van der Waals surface area (Å²) in [6.07, 6.45) is 8.03. The second kappa shape index (κ2) is 9.82. The van der Waals surface area contributed by atoms with Crippen molar-refractivity contribution in [3.8, 4) is 0 Å². The SMILES string of the molecule is C=CC(=O)N(Cc1cccc(C(=O)Nc2nc(/C=C\C)c(C=C)[nH]2)c1)/N=C\C. The molecule has 7 nitrogen and oxygen atoms in total. The molecule has 0 aliphatic carbocycles. The molecule has 0 aliphatic rings. The van der Waals surface area contributed by atoms with Gasteiger partial charge in [-0.1, -0.05) is 31.4 Å². The van der Waals surface area contributed by atoms with E-state index in [1.807, 2.05) is 25.1 Å². The van der Waals surface area contributed by atoms with Crippen molar-refractivity contribution in [3.05, 3.63) is 72.1 Å². The molecule has 1 heterocycles. The third kappa shape index (κ3) is 5.14. The van der Waals surface area contributed by atoms with Gasteiger partial charge in [-0.2, -0.15) is 5.10 Å². The van der Waals surface area contributed by atoms with Gasteiger partial charge in [0.2, 0.25) is 5.95 Å². The molecule has 2 N–H and O–H groups in total. The first-order chi connectivity index (χ1) is 13.5. The summed E-state index contributed by atoms with van der Waals surface area (Å²) in [6.45, 7) is 11.0. The highest BCUT2D eigenvalue weighted by atomic mass is 16.2. The number of amides is 2. The molecule has 2 amide bonds. The summed E-state index contributed by atoms with van der Waals surface area (Å²) in [6, 6.07) is 6.96. The lowest BCUT2D eigenvalue weighted by Gasteiger charge is -2.15. The van der Waals surface area contributed by atoms with Crippen molar-refractivity contribution in [1.29, 1.82) is 0 Å². The number of allylic oxidation sites excluding steroid dienone is 1. The van der Waals surface area contributed by atoms with Crippen LogP contribution in [0.2, 0.25) is 0 Å². The molecule has 0 saturated heterocycles. The maximum atomic E-state index is 12.6. The van der Waals surface area contributed by atoms with Gasteiger partial charge in [-0.3, -0.25) is 14.9 Å². The summed E-state index contributed by atoms with van der Waals surface area (Å²) in [5.74, 6) is -0.312. The zero-order valence-electron chi connectivity index (χ0n) is 16.0. The van der Waals surface area contributed by atoms with Gasteiger partial charge in [0, 0.05) is 11.8 Å². The third-order valence-electron chi connectivity index (χ3n) is 3.73. The van der Waals surface area contributed by atoms with Crippen LogP contribution in [0.5, 0.6) is 0 Å². The first kappa shape index (κ1) is 20.6. The Morgan fingerprint density at radius 1 is 1.32 bits per heavy atom. The number of hydrazone groups is 1. The van der Waals surface area contributed by atoms with Gasteiger partial charge in [-0.25, -0.2) is 9.99 Å². The number of carbonyl (C=O) groups excluding carboxylic acids is 2. The zero-order valence-corrected chi connectivity index (χ0v) is 16.0. The quantitative estimate of drug-likeness (QED) is 0.416. The van der Waals surface area contributed by atoms with Crippen LogP contribution in [0.15, 0.2) is 54.7 Å². The highest BCUT2D eigenvalue weighted by Gasteiger charge is 2.13. The van der Waals surface area contributed by atoms with Crippen LogP contribution in [-0.4, -0.2) is 33.0 Å². The predicted octanol–water partition coefficient (Wildman–Crippen LogP) is 3.86. The molecular weight excluding hydrogens is 354 g/mol. The van der Waals surface area contributed by atoms with Crippen LogP contribution in [0.4, 0.5) is 5.95 Å². The first-order valence-corrected chi connectivity index (χ1v) is 8.70. The summed E-state index contributed by atoms with van der Waals surface area (Å²) in [5, 5.41) is 8.04. The largest absolute Gasteiger partial charge is 0.324 e. The van der Waals surface area contributed by atoms with Crippen LogP contribution < -0.4 is 5.32 Å². The number of hydrogen-bond donors (Lipinski definition) is 2. The number of rotatable bonds is 8. The van der Waals surface area contributed by atoms with Gasteiger partial charge in [0.25, 0.3) is 11.8 Å². The van der Waals surface area contributed by atoms with Crippen LogP contribution in [0, 0.1) is 0 Å². The Labute approximate surface area is 164 Å². The molecule has 1 aromatic heterocycles. The normalized spacial score (nSPS) is 10.9. The number of aromatic nitrogens is 2. The lowest BCUT2D eigenvalue weighted by molar-refractivity contribution is -0.126. The van der Waals surface area contributed by atoms with Gasteiger partial charge in [0.1, 0.15) is 0 Å². The molecule has 0 fully saturated rings.